The van der Waals surface area contributed by atoms with E-state index in [0.717, 1.165) is 11.4 Å². The van der Waals surface area contributed by atoms with E-state index < -0.39 is 0 Å². The van der Waals surface area contributed by atoms with Crippen LogP contribution in [0.15, 0.2) is 65.8 Å². The van der Waals surface area contributed by atoms with E-state index in [1.807, 2.05) is 41.8 Å². The van der Waals surface area contributed by atoms with Crippen molar-refractivity contribution in [2.75, 3.05) is 11.1 Å². The summed E-state index contributed by atoms with van der Waals surface area (Å²) in [4.78, 5) is 12.6. The Hall–Kier alpha value is -3.97. The summed E-state index contributed by atoms with van der Waals surface area (Å²) in [7, 11) is 0. The number of para-hydroxylation sites is 1. The van der Waals surface area contributed by atoms with Gasteiger partial charge in [0, 0.05) is 17.3 Å². The molecule has 0 atom stereocenters. The Morgan fingerprint density at radius 3 is 2.64 bits per heavy atom. The monoisotopic (exact) mass is 461 g/mol. The Morgan fingerprint density at radius 1 is 1.15 bits per heavy atom. The van der Waals surface area contributed by atoms with Crippen molar-refractivity contribution < 1.29 is 9.18 Å². The van der Waals surface area contributed by atoms with Crippen molar-refractivity contribution >= 4 is 23.5 Å². The molecule has 0 unspecified atom stereocenters. The van der Waals surface area contributed by atoms with Gasteiger partial charge in [0.05, 0.1) is 30.5 Å². The number of anilines is 1. The highest BCUT2D eigenvalue weighted by Crippen LogP contribution is 2.28. The van der Waals surface area contributed by atoms with E-state index in [9.17, 15) is 9.18 Å². The molecule has 1 N–H and O–H groups in total. The normalized spacial score (nSPS) is 10.7. The van der Waals surface area contributed by atoms with Gasteiger partial charge in [0.1, 0.15) is 11.6 Å². The van der Waals surface area contributed by atoms with E-state index >= 15 is 0 Å². The maximum absolute atomic E-state index is 13.4. The smallest absolute Gasteiger partial charge is 0.235 e. The Kier molecular flexibility index (Phi) is 6.80. The zero-order valence-corrected chi connectivity index (χ0v) is 18.6. The van der Waals surface area contributed by atoms with Crippen LogP contribution in [0.1, 0.15) is 12.1 Å². The molecule has 8 nitrogen and oxygen atoms in total. The molecule has 0 saturated carbocycles. The fraction of sp³-hybridized carbons (Fsp3) is 0.174. The lowest BCUT2D eigenvalue weighted by Crippen LogP contribution is -2.18. The van der Waals surface area contributed by atoms with Crippen molar-refractivity contribution in [2.45, 2.75) is 25.0 Å². The third-order valence-electron chi connectivity index (χ3n) is 4.69. The molecule has 166 valence electrons. The van der Waals surface area contributed by atoms with Gasteiger partial charge in [0.2, 0.25) is 5.91 Å². The van der Waals surface area contributed by atoms with Crippen LogP contribution in [0.2, 0.25) is 0 Å². The van der Waals surface area contributed by atoms with Crippen molar-refractivity contribution in [2.24, 2.45) is 0 Å². The van der Waals surface area contributed by atoms with Crippen molar-refractivity contribution in [1.82, 2.24) is 24.5 Å². The van der Waals surface area contributed by atoms with Crippen molar-refractivity contribution in [3.8, 4) is 23.1 Å². The minimum Gasteiger partial charge on any atom is -0.310 e. The summed E-state index contributed by atoms with van der Waals surface area (Å²) in [5.41, 5.74) is 2.29. The molecule has 0 radical (unpaired) electrons. The molecular formula is C23H20FN7OS. The molecule has 0 aliphatic rings. The van der Waals surface area contributed by atoms with Gasteiger partial charge in [-0.15, -0.1) is 10.2 Å². The van der Waals surface area contributed by atoms with E-state index in [-0.39, 0.29) is 17.5 Å². The van der Waals surface area contributed by atoms with Gasteiger partial charge < -0.3 is 5.32 Å². The molecule has 1 amide bonds. The fourth-order valence-corrected chi connectivity index (χ4v) is 3.99. The molecule has 0 bridgehead atoms. The Morgan fingerprint density at radius 2 is 1.91 bits per heavy atom. The highest BCUT2D eigenvalue weighted by atomic mass is 32.2. The molecule has 0 saturated heterocycles. The van der Waals surface area contributed by atoms with Gasteiger partial charge in [-0.3, -0.25) is 9.36 Å². The number of hydrogen-bond donors (Lipinski definition) is 1. The van der Waals surface area contributed by atoms with Crippen LogP contribution in [-0.4, -0.2) is 36.2 Å². The molecule has 2 heterocycles. The topological polar surface area (TPSA) is 101 Å². The molecule has 33 heavy (non-hydrogen) atoms. The number of amides is 1. The third-order valence-corrected chi connectivity index (χ3v) is 5.62. The van der Waals surface area contributed by atoms with Gasteiger partial charge in [-0.05, 0) is 43.3 Å². The predicted molar refractivity (Wildman–Crippen MR) is 123 cm³/mol. The summed E-state index contributed by atoms with van der Waals surface area (Å²) in [6.07, 6.45) is 0.297. The number of carbonyl (C=O) groups excluding carboxylic acids is 1. The summed E-state index contributed by atoms with van der Waals surface area (Å²) >= 11 is 1.24. The Balaban J connectivity index is 1.55. The largest absolute Gasteiger partial charge is 0.310 e. The van der Waals surface area contributed by atoms with Gasteiger partial charge in [0.25, 0.3) is 0 Å². The maximum Gasteiger partial charge on any atom is 0.235 e. The van der Waals surface area contributed by atoms with Crippen LogP contribution in [0, 0.1) is 24.1 Å². The number of rotatable bonds is 8. The van der Waals surface area contributed by atoms with Crippen LogP contribution in [0.5, 0.6) is 0 Å². The molecular weight excluding hydrogens is 441 g/mol. The second-order valence-corrected chi connectivity index (χ2v) is 8.07. The molecule has 0 aliphatic heterocycles. The van der Waals surface area contributed by atoms with Crippen molar-refractivity contribution in [1.29, 1.82) is 5.26 Å². The lowest BCUT2D eigenvalue weighted by atomic mass is 10.2. The Labute approximate surface area is 194 Å². The third kappa shape index (κ3) is 5.27. The summed E-state index contributed by atoms with van der Waals surface area (Å²) < 4.78 is 16.9. The van der Waals surface area contributed by atoms with E-state index in [0.29, 0.717) is 35.3 Å². The number of thioether (sulfide) groups is 1. The number of hydrogen-bond acceptors (Lipinski definition) is 6. The minimum absolute atomic E-state index is 0.0941. The average Bonchev–Trinajstić information content (AvgIpc) is 3.40. The van der Waals surface area contributed by atoms with Gasteiger partial charge in [0.15, 0.2) is 11.0 Å². The quantitative estimate of drug-likeness (QED) is 0.394. The number of nitrogens with zero attached hydrogens (tertiary/aromatic N) is 6. The molecule has 4 aromatic rings. The van der Waals surface area contributed by atoms with Crippen molar-refractivity contribution in [3.05, 3.63) is 72.2 Å². The molecule has 0 spiro atoms. The number of halogens is 1. The molecule has 2 aromatic carbocycles. The number of carbonyl (C=O) groups is 1. The summed E-state index contributed by atoms with van der Waals surface area (Å²) in [6.45, 7) is 2.23. The van der Waals surface area contributed by atoms with E-state index in [1.165, 1.54) is 23.9 Å². The fourth-order valence-electron chi connectivity index (χ4n) is 3.24. The standard InChI is InChI=1S/C23H20FN7OS/c1-16-14-20(30(29-16)13-5-12-25)26-21(32)15-33-23-28-27-22(17-8-10-18(24)11-9-17)31(23)19-6-3-2-4-7-19/h2-4,6-11,14H,5,13,15H2,1H3,(H,26,32). The van der Waals surface area contributed by atoms with Crippen LogP contribution in [0.3, 0.4) is 0 Å². The molecule has 10 heteroatoms. The van der Waals surface area contributed by atoms with Gasteiger partial charge in [-0.2, -0.15) is 10.4 Å². The first kappa shape index (κ1) is 22.2. The van der Waals surface area contributed by atoms with Crippen LogP contribution in [0.4, 0.5) is 10.2 Å². The second-order valence-electron chi connectivity index (χ2n) is 7.12. The summed E-state index contributed by atoms with van der Waals surface area (Å²) in [5.74, 6) is 0.625. The molecule has 4 rings (SSSR count). The van der Waals surface area contributed by atoms with Crippen molar-refractivity contribution in [3.63, 3.8) is 0 Å². The number of benzene rings is 2. The summed E-state index contributed by atoms with van der Waals surface area (Å²) in [6, 6.07) is 19.4. The zero-order valence-electron chi connectivity index (χ0n) is 17.8. The van der Waals surface area contributed by atoms with Crippen LogP contribution < -0.4 is 5.32 Å². The first-order valence-corrected chi connectivity index (χ1v) is 11.1. The number of nitrogens with one attached hydrogen (secondary N) is 1. The Bertz CT molecular complexity index is 1290. The van der Waals surface area contributed by atoms with Crippen LogP contribution in [-0.2, 0) is 11.3 Å². The molecule has 0 fully saturated rings. The summed E-state index contributed by atoms with van der Waals surface area (Å²) in [5, 5.41) is 25.1. The zero-order chi connectivity index (χ0) is 23.2. The van der Waals surface area contributed by atoms with E-state index in [2.05, 4.69) is 26.7 Å². The molecule has 0 aliphatic carbocycles. The predicted octanol–water partition coefficient (Wildman–Crippen LogP) is 4.22. The number of aromatic nitrogens is 5. The second kappa shape index (κ2) is 10.1. The molecule has 2 aromatic heterocycles. The van der Waals surface area contributed by atoms with E-state index in [4.69, 9.17) is 5.26 Å². The lowest BCUT2D eigenvalue weighted by molar-refractivity contribution is -0.113. The van der Waals surface area contributed by atoms with Crippen LogP contribution in [0.25, 0.3) is 17.1 Å². The van der Waals surface area contributed by atoms with Gasteiger partial charge in [-0.1, -0.05) is 30.0 Å². The average molecular weight is 462 g/mol. The minimum atomic E-state index is -0.333. The van der Waals surface area contributed by atoms with Gasteiger partial charge >= 0.3 is 0 Å². The first-order chi connectivity index (χ1) is 16.0. The lowest BCUT2D eigenvalue weighted by Gasteiger charge is -2.11. The number of nitriles is 1. The van der Waals surface area contributed by atoms with E-state index in [1.54, 1.807) is 22.9 Å². The number of aryl methyl sites for hydroxylation is 2. The highest BCUT2D eigenvalue weighted by Gasteiger charge is 2.18. The maximum atomic E-state index is 13.4. The van der Waals surface area contributed by atoms with Gasteiger partial charge in [-0.25, -0.2) is 9.07 Å². The SMILES string of the molecule is Cc1cc(NC(=O)CSc2nnc(-c3ccc(F)cc3)n2-c2ccccc2)n(CCC#N)n1. The highest BCUT2D eigenvalue weighted by molar-refractivity contribution is 7.99. The van der Waals surface area contributed by atoms with Crippen LogP contribution >= 0.6 is 11.8 Å². The first-order valence-electron chi connectivity index (χ1n) is 10.2.